The van der Waals surface area contributed by atoms with Gasteiger partial charge in [-0.2, -0.15) is 5.10 Å². The lowest BCUT2D eigenvalue weighted by Crippen LogP contribution is -2.23. The summed E-state index contributed by atoms with van der Waals surface area (Å²) in [7, 11) is -1.78. The highest BCUT2D eigenvalue weighted by Gasteiger charge is 2.15. The molecule has 0 saturated heterocycles. The molecule has 118 valence electrons. The Morgan fingerprint density at radius 3 is 2.61 bits per heavy atom. The van der Waals surface area contributed by atoms with Crippen molar-refractivity contribution in [2.75, 3.05) is 0 Å². The summed E-state index contributed by atoms with van der Waals surface area (Å²) in [5.74, 6) is 0. The van der Waals surface area contributed by atoms with E-state index in [0.717, 1.165) is 11.3 Å². The molecule has 0 saturated carbocycles. The number of nitrogens with zero attached hydrogens (tertiary/aromatic N) is 4. The first-order chi connectivity index (χ1) is 11.1. The van der Waals surface area contributed by atoms with Crippen molar-refractivity contribution in [3.8, 4) is 11.3 Å². The summed E-state index contributed by atoms with van der Waals surface area (Å²) < 4.78 is 28.6. The summed E-state index contributed by atoms with van der Waals surface area (Å²) in [5.41, 5.74) is 2.49. The van der Waals surface area contributed by atoms with Crippen molar-refractivity contribution in [2.24, 2.45) is 7.05 Å². The first-order valence-corrected chi connectivity index (χ1v) is 8.37. The third kappa shape index (κ3) is 3.43. The van der Waals surface area contributed by atoms with E-state index in [1.165, 1.54) is 18.5 Å². The number of hydrogen-bond acceptors (Lipinski definition) is 5. The van der Waals surface area contributed by atoms with E-state index in [9.17, 15) is 8.42 Å². The number of sulfonamides is 1. The van der Waals surface area contributed by atoms with Crippen LogP contribution in [0.5, 0.6) is 0 Å². The van der Waals surface area contributed by atoms with E-state index in [1.807, 2.05) is 25.2 Å². The van der Waals surface area contributed by atoms with Crippen LogP contribution in [0.3, 0.4) is 0 Å². The zero-order chi connectivity index (χ0) is 16.3. The minimum atomic E-state index is -3.60. The molecule has 0 aliphatic carbocycles. The van der Waals surface area contributed by atoms with E-state index in [2.05, 4.69) is 19.8 Å². The minimum Gasteiger partial charge on any atom is -0.268 e. The minimum absolute atomic E-state index is 0.107. The van der Waals surface area contributed by atoms with Gasteiger partial charge < -0.3 is 0 Å². The fourth-order valence-corrected chi connectivity index (χ4v) is 3.13. The van der Waals surface area contributed by atoms with E-state index in [1.54, 1.807) is 23.1 Å². The van der Waals surface area contributed by atoms with Gasteiger partial charge in [-0.1, -0.05) is 0 Å². The SMILES string of the molecule is Cn1nc(CNS(=O)(=O)c2cccnc2)cc1-c1ccncc1. The largest absolute Gasteiger partial charge is 0.268 e. The van der Waals surface area contributed by atoms with Crippen molar-refractivity contribution in [1.29, 1.82) is 0 Å². The molecule has 3 heterocycles. The molecule has 0 unspecified atom stereocenters. The van der Waals surface area contributed by atoms with Gasteiger partial charge in [0.25, 0.3) is 0 Å². The van der Waals surface area contributed by atoms with Gasteiger partial charge in [0.1, 0.15) is 4.90 Å². The Morgan fingerprint density at radius 2 is 1.91 bits per heavy atom. The van der Waals surface area contributed by atoms with E-state index in [4.69, 9.17) is 0 Å². The second-order valence-electron chi connectivity index (χ2n) is 4.89. The summed E-state index contributed by atoms with van der Waals surface area (Å²) in [6, 6.07) is 8.68. The van der Waals surface area contributed by atoms with Crippen LogP contribution in [0.1, 0.15) is 5.69 Å². The Kier molecular flexibility index (Phi) is 4.18. The number of nitrogens with one attached hydrogen (secondary N) is 1. The Labute approximate surface area is 134 Å². The highest BCUT2D eigenvalue weighted by Crippen LogP contribution is 2.19. The molecule has 8 heteroatoms. The van der Waals surface area contributed by atoms with Gasteiger partial charge in [0.05, 0.1) is 17.9 Å². The standard InChI is InChI=1S/C15H15N5O2S/c1-20-15(12-4-7-16-8-5-12)9-13(19-20)10-18-23(21,22)14-3-2-6-17-11-14/h2-9,11,18H,10H2,1H3. The predicted molar refractivity (Wildman–Crippen MR) is 84.7 cm³/mol. The van der Waals surface area contributed by atoms with Gasteiger partial charge in [0, 0.05) is 37.4 Å². The van der Waals surface area contributed by atoms with Crippen molar-refractivity contribution >= 4 is 10.0 Å². The predicted octanol–water partition coefficient (Wildman–Crippen LogP) is 1.36. The molecule has 0 bridgehead atoms. The van der Waals surface area contributed by atoms with Crippen LogP contribution in [0.15, 0.2) is 60.0 Å². The lowest BCUT2D eigenvalue weighted by atomic mass is 10.2. The zero-order valence-electron chi connectivity index (χ0n) is 12.4. The van der Waals surface area contributed by atoms with E-state index in [0.29, 0.717) is 5.69 Å². The molecular weight excluding hydrogens is 314 g/mol. The zero-order valence-corrected chi connectivity index (χ0v) is 13.2. The number of pyridine rings is 2. The van der Waals surface area contributed by atoms with Crippen LogP contribution in [-0.2, 0) is 23.6 Å². The summed E-state index contributed by atoms with van der Waals surface area (Å²) in [4.78, 5) is 7.93. The van der Waals surface area contributed by atoms with Crippen LogP contribution in [-0.4, -0.2) is 28.2 Å². The summed E-state index contributed by atoms with van der Waals surface area (Å²) >= 11 is 0. The van der Waals surface area contributed by atoms with Crippen LogP contribution in [0.4, 0.5) is 0 Å². The molecule has 1 N–H and O–H groups in total. The van der Waals surface area contributed by atoms with Crippen LogP contribution >= 0.6 is 0 Å². The Bertz CT molecular complexity index is 892. The van der Waals surface area contributed by atoms with Crippen LogP contribution in [0.2, 0.25) is 0 Å². The lowest BCUT2D eigenvalue weighted by molar-refractivity contribution is 0.579. The third-order valence-corrected chi connectivity index (χ3v) is 4.68. The topological polar surface area (TPSA) is 89.8 Å². The van der Waals surface area contributed by atoms with Gasteiger partial charge in [-0.05, 0) is 30.3 Å². The maximum absolute atomic E-state index is 12.2. The third-order valence-electron chi connectivity index (χ3n) is 3.29. The molecule has 3 aromatic rings. The first-order valence-electron chi connectivity index (χ1n) is 6.89. The van der Waals surface area contributed by atoms with Crippen molar-refractivity contribution in [2.45, 2.75) is 11.4 Å². The van der Waals surface area contributed by atoms with Crippen LogP contribution in [0, 0.1) is 0 Å². The quantitative estimate of drug-likeness (QED) is 0.763. The van der Waals surface area contributed by atoms with Crippen molar-refractivity contribution < 1.29 is 8.42 Å². The summed E-state index contributed by atoms with van der Waals surface area (Å²) in [5, 5.41) is 4.34. The average Bonchev–Trinajstić information content (AvgIpc) is 2.96. The average molecular weight is 329 g/mol. The molecule has 0 aliphatic heterocycles. The Hall–Kier alpha value is -2.58. The molecule has 0 amide bonds. The molecule has 0 aromatic carbocycles. The number of rotatable bonds is 5. The normalized spacial score (nSPS) is 11.5. The van der Waals surface area contributed by atoms with Gasteiger partial charge >= 0.3 is 0 Å². The maximum Gasteiger partial charge on any atom is 0.242 e. The van der Waals surface area contributed by atoms with Gasteiger partial charge in [-0.15, -0.1) is 0 Å². The molecule has 3 rings (SSSR count). The van der Waals surface area contributed by atoms with E-state index >= 15 is 0 Å². The summed E-state index contributed by atoms with van der Waals surface area (Å²) in [6.45, 7) is 0.107. The highest BCUT2D eigenvalue weighted by molar-refractivity contribution is 7.89. The molecule has 0 fully saturated rings. The van der Waals surface area contributed by atoms with Crippen LogP contribution < -0.4 is 4.72 Å². The summed E-state index contributed by atoms with van der Waals surface area (Å²) in [6.07, 6.45) is 6.24. The fraction of sp³-hybridized carbons (Fsp3) is 0.133. The molecule has 0 atom stereocenters. The Morgan fingerprint density at radius 1 is 1.13 bits per heavy atom. The van der Waals surface area contributed by atoms with Crippen molar-refractivity contribution in [1.82, 2.24) is 24.5 Å². The maximum atomic E-state index is 12.2. The van der Waals surface area contributed by atoms with Crippen molar-refractivity contribution in [3.63, 3.8) is 0 Å². The van der Waals surface area contributed by atoms with Gasteiger partial charge in [0.15, 0.2) is 0 Å². The number of aryl methyl sites for hydroxylation is 1. The molecule has 7 nitrogen and oxygen atoms in total. The number of aromatic nitrogens is 4. The molecule has 3 aromatic heterocycles. The fourth-order valence-electron chi connectivity index (χ4n) is 2.16. The second-order valence-corrected chi connectivity index (χ2v) is 6.66. The second kappa shape index (κ2) is 6.27. The molecule has 23 heavy (non-hydrogen) atoms. The monoisotopic (exact) mass is 329 g/mol. The molecule has 0 radical (unpaired) electrons. The highest BCUT2D eigenvalue weighted by atomic mass is 32.2. The molecule has 0 aliphatic rings. The van der Waals surface area contributed by atoms with E-state index < -0.39 is 10.0 Å². The lowest BCUT2D eigenvalue weighted by Gasteiger charge is -2.04. The first kappa shape index (κ1) is 15.3. The molecular formula is C15H15N5O2S. The van der Waals surface area contributed by atoms with Gasteiger partial charge in [-0.25, -0.2) is 13.1 Å². The van der Waals surface area contributed by atoms with Gasteiger partial charge in [-0.3, -0.25) is 14.6 Å². The molecule has 0 spiro atoms. The van der Waals surface area contributed by atoms with Crippen LogP contribution in [0.25, 0.3) is 11.3 Å². The van der Waals surface area contributed by atoms with E-state index in [-0.39, 0.29) is 11.4 Å². The Balaban J connectivity index is 1.77. The smallest absolute Gasteiger partial charge is 0.242 e. The number of hydrogen-bond donors (Lipinski definition) is 1. The van der Waals surface area contributed by atoms with Crippen molar-refractivity contribution in [3.05, 3.63) is 60.8 Å². The van der Waals surface area contributed by atoms with Gasteiger partial charge in [0.2, 0.25) is 10.0 Å².